The van der Waals surface area contributed by atoms with Crippen LogP contribution < -0.4 is 10.1 Å². The number of fused-ring (bicyclic) bond motifs is 3. The van der Waals surface area contributed by atoms with Crippen LogP contribution in [0.25, 0.3) is 27.9 Å². The maximum atomic E-state index is 5.77. The van der Waals surface area contributed by atoms with Crippen molar-refractivity contribution in [2.75, 3.05) is 25.6 Å². The first-order valence-electron chi connectivity index (χ1n) is 9.88. The van der Waals surface area contributed by atoms with Gasteiger partial charge in [-0.25, -0.2) is 9.38 Å². The van der Waals surface area contributed by atoms with E-state index in [0.29, 0.717) is 6.54 Å². The summed E-state index contributed by atoms with van der Waals surface area (Å²) in [6.45, 7) is 3.60. The second-order valence-corrected chi connectivity index (χ2v) is 7.39. The summed E-state index contributed by atoms with van der Waals surface area (Å²) < 4.78 is 13.2. The van der Waals surface area contributed by atoms with Crippen LogP contribution in [0.2, 0.25) is 0 Å². The topological polar surface area (TPSA) is 73.6 Å². The van der Waals surface area contributed by atoms with Gasteiger partial charge < -0.3 is 14.8 Å². The first kappa shape index (κ1) is 17.9. The van der Waals surface area contributed by atoms with Crippen molar-refractivity contribution >= 4 is 22.5 Å². The maximum absolute atomic E-state index is 5.77. The molecule has 1 aliphatic rings. The van der Waals surface area contributed by atoms with Crippen molar-refractivity contribution in [3.8, 4) is 17.1 Å². The molecule has 0 bridgehead atoms. The molecular formula is C22H23N5O2. The van der Waals surface area contributed by atoms with Gasteiger partial charge in [0.05, 0.1) is 18.7 Å². The van der Waals surface area contributed by atoms with E-state index in [1.165, 1.54) is 0 Å². The molecule has 1 N–H and O–H groups in total. The highest BCUT2D eigenvalue weighted by Gasteiger charge is 2.19. The number of aromatic nitrogens is 4. The Morgan fingerprint density at radius 1 is 1.21 bits per heavy atom. The number of anilines is 1. The van der Waals surface area contributed by atoms with Crippen molar-refractivity contribution in [2.24, 2.45) is 0 Å². The minimum Gasteiger partial charge on any atom is -0.497 e. The number of aryl methyl sites for hydroxylation is 1. The molecule has 3 heterocycles. The molecule has 0 aliphatic carbocycles. The van der Waals surface area contributed by atoms with Gasteiger partial charge in [0, 0.05) is 24.1 Å². The largest absolute Gasteiger partial charge is 0.497 e. The molecule has 1 aliphatic heterocycles. The van der Waals surface area contributed by atoms with Crippen LogP contribution in [0.1, 0.15) is 18.4 Å². The molecule has 1 saturated heterocycles. The predicted molar refractivity (Wildman–Crippen MR) is 112 cm³/mol. The van der Waals surface area contributed by atoms with Gasteiger partial charge in [-0.15, -0.1) is 10.2 Å². The van der Waals surface area contributed by atoms with Crippen molar-refractivity contribution in [1.29, 1.82) is 0 Å². The van der Waals surface area contributed by atoms with Gasteiger partial charge in [-0.3, -0.25) is 0 Å². The monoisotopic (exact) mass is 389 g/mol. The van der Waals surface area contributed by atoms with Gasteiger partial charge >= 0.3 is 0 Å². The van der Waals surface area contributed by atoms with Gasteiger partial charge in [-0.2, -0.15) is 0 Å². The van der Waals surface area contributed by atoms with Crippen LogP contribution in [0.4, 0.5) is 5.95 Å². The van der Waals surface area contributed by atoms with Gasteiger partial charge in [0.2, 0.25) is 5.95 Å². The Hall–Kier alpha value is -3.19. The van der Waals surface area contributed by atoms with E-state index in [4.69, 9.17) is 14.5 Å². The summed E-state index contributed by atoms with van der Waals surface area (Å²) in [6, 6.07) is 14.0. The van der Waals surface area contributed by atoms with E-state index in [9.17, 15) is 0 Å². The summed E-state index contributed by atoms with van der Waals surface area (Å²) >= 11 is 0. The maximum Gasteiger partial charge on any atom is 0.211 e. The fourth-order valence-corrected chi connectivity index (χ4v) is 3.83. The normalized spacial score (nSPS) is 16.6. The third kappa shape index (κ3) is 3.27. The molecule has 148 valence electrons. The molecule has 4 aromatic rings. The minimum absolute atomic E-state index is 0.206. The van der Waals surface area contributed by atoms with Crippen LogP contribution in [-0.2, 0) is 4.74 Å². The number of rotatable bonds is 5. The van der Waals surface area contributed by atoms with E-state index < -0.39 is 0 Å². The molecule has 1 fully saturated rings. The molecule has 2 aromatic carbocycles. The number of hydrogen-bond acceptors (Lipinski definition) is 6. The van der Waals surface area contributed by atoms with Crippen molar-refractivity contribution < 1.29 is 9.47 Å². The summed E-state index contributed by atoms with van der Waals surface area (Å²) in [5, 5.41) is 13.5. The smallest absolute Gasteiger partial charge is 0.211 e. The first-order chi connectivity index (χ1) is 14.2. The Labute approximate surface area is 168 Å². The highest BCUT2D eigenvalue weighted by atomic mass is 16.5. The molecule has 7 heteroatoms. The van der Waals surface area contributed by atoms with Crippen LogP contribution in [0.15, 0.2) is 42.5 Å². The summed E-state index contributed by atoms with van der Waals surface area (Å²) in [5.74, 6) is 2.22. The van der Waals surface area contributed by atoms with Crippen molar-refractivity contribution in [3.63, 3.8) is 0 Å². The Kier molecular flexibility index (Phi) is 4.52. The van der Waals surface area contributed by atoms with Gasteiger partial charge in [-0.1, -0.05) is 23.8 Å². The molecule has 0 amide bonds. The van der Waals surface area contributed by atoms with Crippen LogP contribution >= 0.6 is 0 Å². The lowest BCUT2D eigenvalue weighted by atomic mass is 10.1. The van der Waals surface area contributed by atoms with E-state index in [0.717, 1.165) is 64.6 Å². The zero-order chi connectivity index (χ0) is 19.8. The number of nitrogens with one attached hydrogen (secondary N) is 1. The lowest BCUT2D eigenvalue weighted by molar-refractivity contribution is 0.120. The average Bonchev–Trinajstić information content (AvgIpc) is 3.42. The summed E-state index contributed by atoms with van der Waals surface area (Å²) in [7, 11) is 1.66. The van der Waals surface area contributed by atoms with Gasteiger partial charge in [0.25, 0.3) is 0 Å². The Morgan fingerprint density at radius 3 is 2.97 bits per heavy atom. The van der Waals surface area contributed by atoms with Crippen LogP contribution in [0.5, 0.6) is 5.75 Å². The number of methoxy groups -OCH3 is 1. The van der Waals surface area contributed by atoms with Crippen LogP contribution in [-0.4, -0.2) is 45.9 Å². The lowest BCUT2D eigenvalue weighted by Gasteiger charge is -2.14. The molecule has 2 aromatic heterocycles. The molecule has 29 heavy (non-hydrogen) atoms. The summed E-state index contributed by atoms with van der Waals surface area (Å²) in [4.78, 5) is 4.89. The molecule has 0 saturated carbocycles. The molecule has 1 atom stereocenters. The third-order valence-corrected chi connectivity index (χ3v) is 5.33. The van der Waals surface area contributed by atoms with Gasteiger partial charge in [0.15, 0.2) is 11.5 Å². The lowest BCUT2D eigenvalue weighted by Crippen LogP contribution is -2.20. The zero-order valence-electron chi connectivity index (χ0n) is 16.6. The molecule has 1 unspecified atom stereocenters. The standard InChI is InChI=1S/C22H23N5O2/c1-14-8-9-19-18(11-14)21-26-25-20(15-5-3-6-16(12-15)28-2)27(21)22(24-19)23-13-17-7-4-10-29-17/h3,5-6,8-9,11-12,17H,4,7,10,13H2,1-2H3,(H,23,24). The molecular weight excluding hydrogens is 366 g/mol. The number of benzene rings is 2. The van der Waals surface area contributed by atoms with Crippen molar-refractivity contribution in [1.82, 2.24) is 19.6 Å². The highest BCUT2D eigenvalue weighted by molar-refractivity contribution is 5.93. The van der Waals surface area contributed by atoms with Crippen LogP contribution in [0, 0.1) is 6.92 Å². The number of hydrogen-bond donors (Lipinski definition) is 1. The average molecular weight is 389 g/mol. The second kappa shape index (κ2) is 7.33. The van der Waals surface area contributed by atoms with Crippen molar-refractivity contribution in [2.45, 2.75) is 25.9 Å². The quantitative estimate of drug-likeness (QED) is 0.559. The Balaban J connectivity index is 1.68. The first-order valence-corrected chi connectivity index (χ1v) is 9.88. The molecule has 0 spiro atoms. The van der Waals surface area contributed by atoms with Gasteiger partial charge in [-0.05, 0) is 44.0 Å². The summed E-state index contributed by atoms with van der Waals surface area (Å²) in [5.41, 5.74) is 3.76. The number of nitrogens with zero attached hydrogens (tertiary/aromatic N) is 4. The van der Waals surface area contributed by atoms with E-state index in [1.54, 1.807) is 7.11 Å². The zero-order valence-corrected chi connectivity index (χ0v) is 16.6. The molecule has 0 radical (unpaired) electrons. The van der Waals surface area contributed by atoms with Crippen molar-refractivity contribution in [3.05, 3.63) is 48.0 Å². The van der Waals surface area contributed by atoms with Gasteiger partial charge in [0.1, 0.15) is 5.75 Å². The van der Waals surface area contributed by atoms with E-state index in [2.05, 4.69) is 34.6 Å². The van der Waals surface area contributed by atoms with E-state index in [1.807, 2.05) is 34.7 Å². The number of ether oxygens (including phenoxy) is 2. The van der Waals surface area contributed by atoms with Crippen LogP contribution in [0.3, 0.4) is 0 Å². The minimum atomic E-state index is 0.206. The van der Waals surface area contributed by atoms with E-state index >= 15 is 0 Å². The third-order valence-electron chi connectivity index (χ3n) is 5.33. The fourth-order valence-electron chi connectivity index (χ4n) is 3.83. The molecule has 7 nitrogen and oxygen atoms in total. The highest BCUT2D eigenvalue weighted by Crippen LogP contribution is 2.29. The Morgan fingerprint density at radius 2 is 2.14 bits per heavy atom. The second-order valence-electron chi connectivity index (χ2n) is 7.39. The summed E-state index contributed by atoms with van der Waals surface area (Å²) in [6.07, 6.45) is 2.37. The SMILES string of the molecule is COc1cccc(-c2nnc3c4cc(C)ccc4nc(NCC4CCCO4)n23)c1. The predicted octanol–water partition coefficient (Wildman–Crippen LogP) is 3.85. The Bertz CT molecular complexity index is 1180. The van der Waals surface area contributed by atoms with E-state index in [-0.39, 0.29) is 6.10 Å². The molecule has 5 rings (SSSR count). The fraction of sp³-hybridized carbons (Fsp3) is 0.318.